The van der Waals surface area contributed by atoms with E-state index in [0.29, 0.717) is 0 Å². The Labute approximate surface area is 134 Å². The SMILES string of the molecule is Cc1n[nH]c(C)c1CCN(C)[C@H](C)C(=O)N1CCCCCC1. The number of hydrogen-bond acceptors (Lipinski definition) is 3. The molecule has 0 aromatic carbocycles. The Morgan fingerprint density at radius 1 is 1.27 bits per heavy atom. The Hall–Kier alpha value is -1.36. The largest absolute Gasteiger partial charge is 0.341 e. The second-order valence-electron chi connectivity index (χ2n) is 6.56. The first-order chi connectivity index (χ1) is 10.5. The number of amides is 1. The molecule has 22 heavy (non-hydrogen) atoms. The maximum Gasteiger partial charge on any atom is 0.239 e. The molecule has 1 aliphatic rings. The van der Waals surface area contributed by atoms with Crippen LogP contribution in [-0.2, 0) is 11.2 Å². The van der Waals surface area contributed by atoms with E-state index in [1.807, 2.05) is 20.9 Å². The van der Waals surface area contributed by atoms with E-state index in [9.17, 15) is 4.79 Å². The number of aryl methyl sites for hydroxylation is 2. The average Bonchev–Trinajstić information content (AvgIpc) is 2.74. The van der Waals surface area contributed by atoms with Crippen LogP contribution in [0.1, 0.15) is 49.6 Å². The molecule has 124 valence electrons. The fourth-order valence-electron chi connectivity index (χ4n) is 3.17. The number of nitrogens with one attached hydrogen (secondary N) is 1. The van der Waals surface area contributed by atoms with Gasteiger partial charge in [-0.25, -0.2) is 0 Å². The Bertz CT molecular complexity index is 469. The number of hydrogen-bond donors (Lipinski definition) is 1. The summed E-state index contributed by atoms with van der Waals surface area (Å²) in [6, 6.07) is -0.0504. The van der Waals surface area contributed by atoms with Gasteiger partial charge in [0.1, 0.15) is 0 Å². The summed E-state index contributed by atoms with van der Waals surface area (Å²) in [5.41, 5.74) is 3.48. The van der Waals surface area contributed by atoms with Crippen molar-refractivity contribution in [1.29, 1.82) is 0 Å². The molecule has 2 heterocycles. The standard InChI is InChI=1S/C17H30N4O/c1-13-16(14(2)19-18-13)9-12-20(4)15(3)17(22)21-10-7-5-6-8-11-21/h15H,5-12H2,1-4H3,(H,18,19)/t15-/m1/s1. The van der Waals surface area contributed by atoms with Crippen molar-refractivity contribution in [3.05, 3.63) is 17.0 Å². The van der Waals surface area contributed by atoms with Gasteiger partial charge in [-0.3, -0.25) is 14.8 Å². The predicted molar refractivity (Wildman–Crippen MR) is 88.9 cm³/mol. The Morgan fingerprint density at radius 3 is 2.45 bits per heavy atom. The second kappa shape index (κ2) is 7.77. The molecule has 1 fully saturated rings. The molecule has 2 rings (SSSR count). The van der Waals surface area contributed by atoms with Crippen LogP contribution in [0.15, 0.2) is 0 Å². The number of aromatic amines is 1. The monoisotopic (exact) mass is 306 g/mol. The van der Waals surface area contributed by atoms with Crippen molar-refractivity contribution in [2.24, 2.45) is 0 Å². The van der Waals surface area contributed by atoms with Gasteiger partial charge in [0.2, 0.25) is 5.91 Å². The third-order valence-corrected chi connectivity index (χ3v) is 4.93. The molecule has 5 nitrogen and oxygen atoms in total. The van der Waals surface area contributed by atoms with Gasteiger partial charge in [-0.15, -0.1) is 0 Å². The van der Waals surface area contributed by atoms with Crippen molar-refractivity contribution in [2.45, 2.75) is 58.9 Å². The van der Waals surface area contributed by atoms with Gasteiger partial charge < -0.3 is 4.90 Å². The van der Waals surface area contributed by atoms with E-state index in [0.717, 1.165) is 50.3 Å². The fraction of sp³-hybridized carbons (Fsp3) is 0.765. The van der Waals surface area contributed by atoms with Gasteiger partial charge in [0.25, 0.3) is 0 Å². The summed E-state index contributed by atoms with van der Waals surface area (Å²) < 4.78 is 0. The minimum absolute atomic E-state index is 0.0504. The lowest BCUT2D eigenvalue weighted by atomic mass is 10.1. The Morgan fingerprint density at radius 2 is 1.91 bits per heavy atom. The number of nitrogens with zero attached hydrogens (tertiary/aromatic N) is 3. The summed E-state index contributed by atoms with van der Waals surface area (Å²) in [4.78, 5) is 16.9. The number of carbonyl (C=O) groups is 1. The zero-order valence-electron chi connectivity index (χ0n) is 14.5. The van der Waals surface area contributed by atoms with Gasteiger partial charge in [0, 0.05) is 25.3 Å². The molecule has 1 aromatic rings. The molecular formula is C17H30N4O. The lowest BCUT2D eigenvalue weighted by molar-refractivity contribution is -0.135. The van der Waals surface area contributed by atoms with Crippen molar-refractivity contribution in [3.63, 3.8) is 0 Å². The van der Waals surface area contributed by atoms with Crippen LogP contribution in [0.5, 0.6) is 0 Å². The van der Waals surface area contributed by atoms with Crippen LogP contribution in [0.4, 0.5) is 0 Å². The average molecular weight is 306 g/mol. The van der Waals surface area contributed by atoms with E-state index < -0.39 is 0 Å². The molecule has 0 spiro atoms. The summed E-state index contributed by atoms with van der Waals surface area (Å²) in [5, 5.41) is 7.27. The number of aromatic nitrogens is 2. The molecule has 1 amide bonds. The van der Waals surface area contributed by atoms with E-state index in [4.69, 9.17) is 0 Å². The Kier molecular flexibility index (Phi) is 6.00. The number of likely N-dealkylation sites (tertiary alicyclic amines) is 1. The topological polar surface area (TPSA) is 52.2 Å². The number of rotatable bonds is 5. The van der Waals surface area contributed by atoms with Gasteiger partial charge in [0.15, 0.2) is 0 Å². The summed E-state index contributed by atoms with van der Waals surface area (Å²) in [7, 11) is 2.05. The molecule has 1 aromatic heterocycles. The molecule has 1 saturated heterocycles. The zero-order chi connectivity index (χ0) is 16.1. The molecule has 0 radical (unpaired) electrons. The quantitative estimate of drug-likeness (QED) is 0.908. The van der Waals surface area contributed by atoms with E-state index in [1.165, 1.54) is 18.4 Å². The summed E-state index contributed by atoms with van der Waals surface area (Å²) in [5.74, 6) is 0.282. The van der Waals surface area contributed by atoms with Crippen LogP contribution in [0.2, 0.25) is 0 Å². The first-order valence-electron chi connectivity index (χ1n) is 8.50. The number of likely N-dealkylation sites (N-methyl/N-ethyl adjacent to an activating group) is 1. The third-order valence-electron chi connectivity index (χ3n) is 4.93. The lowest BCUT2D eigenvalue weighted by Gasteiger charge is -2.29. The van der Waals surface area contributed by atoms with E-state index in [1.54, 1.807) is 0 Å². The molecule has 1 atom stereocenters. The highest BCUT2D eigenvalue weighted by molar-refractivity contribution is 5.81. The van der Waals surface area contributed by atoms with Gasteiger partial charge in [-0.2, -0.15) is 5.10 Å². The smallest absolute Gasteiger partial charge is 0.239 e. The first-order valence-corrected chi connectivity index (χ1v) is 8.50. The van der Waals surface area contributed by atoms with Crippen LogP contribution in [0.25, 0.3) is 0 Å². The van der Waals surface area contributed by atoms with E-state index >= 15 is 0 Å². The number of carbonyl (C=O) groups excluding carboxylic acids is 1. The molecule has 0 saturated carbocycles. The van der Waals surface area contributed by atoms with Crippen LogP contribution >= 0.6 is 0 Å². The molecule has 0 unspecified atom stereocenters. The van der Waals surface area contributed by atoms with Crippen molar-refractivity contribution in [1.82, 2.24) is 20.0 Å². The van der Waals surface area contributed by atoms with Crippen molar-refractivity contribution >= 4 is 5.91 Å². The maximum atomic E-state index is 12.7. The molecule has 1 N–H and O–H groups in total. The Balaban J connectivity index is 1.88. The minimum atomic E-state index is -0.0504. The fourth-order valence-corrected chi connectivity index (χ4v) is 3.17. The minimum Gasteiger partial charge on any atom is -0.341 e. The highest BCUT2D eigenvalue weighted by Gasteiger charge is 2.24. The van der Waals surface area contributed by atoms with Crippen LogP contribution in [0.3, 0.4) is 0 Å². The predicted octanol–water partition coefficient (Wildman–Crippen LogP) is 2.29. The van der Waals surface area contributed by atoms with Crippen LogP contribution in [0, 0.1) is 13.8 Å². The van der Waals surface area contributed by atoms with E-state index in [-0.39, 0.29) is 11.9 Å². The highest BCUT2D eigenvalue weighted by atomic mass is 16.2. The molecule has 1 aliphatic heterocycles. The lowest BCUT2D eigenvalue weighted by Crippen LogP contribution is -2.46. The van der Waals surface area contributed by atoms with Crippen LogP contribution < -0.4 is 0 Å². The zero-order valence-corrected chi connectivity index (χ0v) is 14.5. The van der Waals surface area contributed by atoms with Gasteiger partial charge in [-0.1, -0.05) is 12.8 Å². The van der Waals surface area contributed by atoms with Gasteiger partial charge in [0.05, 0.1) is 11.7 Å². The molecular weight excluding hydrogens is 276 g/mol. The maximum absolute atomic E-state index is 12.7. The third kappa shape index (κ3) is 4.09. The summed E-state index contributed by atoms with van der Waals surface area (Å²) in [6.07, 6.45) is 5.74. The van der Waals surface area contributed by atoms with Crippen molar-refractivity contribution < 1.29 is 4.79 Å². The van der Waals surface area contributed by atoms with Gasteiger partial charge >= 0.3 is 0 Å². The molecule has 0 aliphatic carbocycles. The van der Waals surface area contributed by atoms with Crippen LogP contribution in [-0.4, -0.2) is 58.6 Å². The van der Waals surface area contributed by atoms with Crippen molar-refractivity contribution in [2.75, 3.05) is 26.7 Å². The van der Waals surface area contributed by atoms with Gasteiger partial charge in [-0.05, 0) is 52.6 Å². The molecule has 0 bridgehead atoms. The number of H-pyrrole nitrogens is 1. The summed E-state index contributed by atoms with van der Waals surface area (Å²) >= 11 is 0. The second-order valence-corrected chi connectivity index (χ2v) is 6.56. The van der Waals surface area contributed by atoms with E-state index in [2.05, 4.69) is 26.9 Å². The normalized spacial score (nSPS) is 17.6. The highest BCUT2D eigenvalue weighted by Crippen LogP contribution is 2.14. The first kappa shape index (κ1) is 17.0. The summed E-state index contributed by atoms with van der Waals surface area (Å²) in [6.45, 7) is 8.85. The van der Waals surface area contributed by atoms with Crippen molar-refractivity contribution in [3.8, 4) is 0 Å². The molecule has 5 heteroatoms.